The second-order valence-corrected chi connectivity index (χ2v) is 5.91. The predicted octanol–water partition coefficient (Wildman–Crippen LogP) is 2.39. The number of esters is 1. The number of aliphatic hydroxyl groups excluding tert-OH is 1. The molecule has 0 amide bonds. The zero-order chi connectivity index (χ0) is 17.0. The molecular formula is C18H24O5. The van der Waals surface area contributed by atoms with Crippen molar-refractivity contribution >= 4 is 5.97 Å². The number of benzene rings is 1. The van der Waals surface area contributed by atoms with Gasteiger partial charge >= 0.3 is 5.97 Å². The molecule has 1 aromatic carbocycles. The van der Waals surface area contributed by atoms with Crippen LogP contribution in [0.4, 0.5) is 0 Å². The number of carbonyl (C=O) groups excluding carboxylic acids is 1. The van der Waals surface area contributed by atoms with Crippen LogP contribution in [-0.4, -0.2) is 38.5 Å². The highest BCUT2D eigenvalue weighted by Crippen LogP contribution is 2.42. The van der Waals surface area contributed by atoms with Gasteiger partial charge in [0, 0.05) is 11.5 Å². The highest BCUT2D eigenvalue weighted by molar-refractivity contribution is 5.82. The number of carbonyl (C=O) groups is 1. The van der Waals surface area contributed by atoms with Gasteiger partial charge in [0.2, 0.25) is 0 Å². The molecule has 0 saturated heterocycles. The Balaban J connectivity index is 2.59. The second kappa shape index (κ2) is 7.04. The molecule has 23 heavy (non-hydrogen) atoms. The minimum absolute atomic E-state index is 0.440. The summed E-state index contributed by atoms with van der Waals surface area (Å²) in [5.74, 6) is 0.838. The van der Waals surface area contributed by atoms with Crippen LogP contribution in [-0.2, 0) is 21.4 Å². The number of fused-ring (bicyclic) bond motifs is 1. The van der Waals surface area contributed by atoms with E-state index in [1.165, 1.54) is 13.2 Å². The third kappa shape index (κ3) is 3.34. The average Bonchev–Trinajstić information content (AvgIpc) is 2.69. The fraction of sp³-hybridized carbons (Fsp3) is 0.500. The summed E-state index contributed by atoms with van der Waals surface area (Å²) in [6.45, 7) is 1.92. The molecule has 1 aromatic rings. The van der Waals surface area contributed by atoms with Crippen molar-refractivity contribution in [3.05, 3.63) is 35.4 Å². The van der Waals surface area contributed by atoms with E-state index in [1.54, 1.807) is 20.3 Å². The van der Waals surface area contributed by atoms with Crippen LogP contribution in [0.5, 0.6) is 11.5 Å². The Bertz CT molecular complexity index is 608. The minimum atomic E-state index is -0.695. The maximum atomic E-state index is 11.5. The highest BCUT2D eigenvalue weighted by atomic mass is 16.5. The van der Waals surface area contributed by atoms with E-state index in [9.17, 15) is 9.90 Å². The minimum Gasteiger partial charge on any atom is -0.493 e. The quantitative estimate of drug-likeness (QED) is 0.524. The molecule has 0 unspecified atom stereocenters. The zero-order valence-electron chi connectivity index (χ0n) is 14.1. The first kappa shape index (κ1) is 17.3. The Morgan fingerprint density at radius 2 is 1.91 bits per heavy atom. The summed E-state index contributed by atoms with van der Waals surface area (Å²) in [4.78, 5) is 11.5. The van der Waals surface area contributed by atoms with Crippen LogP contribution in [0.15, 0.2) is 24.3 Å². The molecule has 0 saturated carbocycles. The van der Waals surface area contributed by atoms with E-state index >= 15 is 0 Å². The second-order valence-electron chi connectivity index (χ2n) is 5.91. The molecule has 5 heteroatoms. The van der Waals surface area contributed by atoms with Crippen LogP contribution in [0.25, 0.3) is 0 Å². The number of aliphatic hydroxyl groups is 1. The maximum absolute atomic E-state index is 11.5. The SMILES string of the molecule is COC(=O)/C=C/[C@]1(C)c2cc(OC)c(OC)cc2CCC[C@H]1O. The number of hydrogen-bond donors (Lipinski definition) is 1. The first-order valence-electron chi connectivity index (χ1n) is 7.67. The molecular weight excluding hydrogens is 296 g/mol. The van der Waals surface area contributed by atoms with Gasteiger partial charge in [0.1, 0.15) is 0 Å². The van der Waals surface area contributed by atoms with Gasteiger partial charge in [-0.25, -0.2) is 4.79 Å². The van der Waals surface area contributed by atoms with Gasteiger partial charge in [-0.2, -0.15) is 0 Å². The van der Waals surface area contributed by atoms with Crippen LogP contribution in [0.3, 0.4) is 0 Å². The first-order chi connectivity index (χ1) is 11.0. The van der Waals surface area contributed by atoms with Crippen molar-refractivity contribution in [1.29, 1.82) is 0 Å². The molecule has 0 aliphatic heterocycles. The Kier molecular flexibility index (Phi) is 5.31. The van der Waals surface area contributed by atoms with E-state index in [1.807, 2.05) is 19.1 Å². The van der Waals surface area contributed by atoms with Crippen LogP contribution in [0.2, 0.25) is 0 Å². The Morgan fingerprint density at radius 3 is 2.52 bits per heavy atom. The van der Waals surface area contributed by atoms with Crippen molar-refractivity contribution in [3.63, 3.8) is 0 Å². The lowest BCUT2D eigenvalue weighted by molar-refractivity contribution is -0.134. The molecule has 1 aliphatic carbocycles. The molecule has 126 valence electrons. The summed E-state index contributed by atoms with van der Waals surface area (Å²) in [5, 5.41) is 10.7. The number of hydrogen-bond acceptors (Lipinski definition) is 5. The van der Waals surface area contributed by atoms with Gasteiger partial charge in [0.25, 0.3) is 0 Å². The molecule has 0 heterocycles. The van der Waals surface area contributed by atoms with E-state index in [-0.39, 0.29) is 0 Å². The smallest absolute Gasteiger partial charge is 0.330 e. The normalized spacial score (nSPS) is 24.0. The van der Waals surface area contributed by atoms with Crippen LogP contribution in [0.1, 0.15) is 30.9 Å². The number of aryl methyl sites for hydroxylation is 1. The van der Waals surface area contributed by atoms with Gasteiger partial charge in [0.15, 0.2) is 11.5 Å². The topological polar surface area (TPSA) is 65.0 Å². The van der Waals surface area contributed by atoms with Crippen LogP contribution >= 0.6 is 0 Å². The summed E-state index contributed by atoms with van der Waals surface area (Å²) >= 11 is 0. The monoisotopic (exact) mass is 320 g/mol. The molecule has 1 aliphatic rings. The third-order valence-corrected chi connectivity index (χ3v) is 4.57. The predicted molar refractivity (Wildman–Crippen MR) is 87.0 cm³/mol. The van der Waals surface area contributed by atoms with Gasteiger partial charge in [-0.05, 0) is 49.4 Å². The van der Waals surface area contributed by atoms with E-state index in [2.05, 4.69) is 4.74 Å². The van der Waals surface area contributed by atoms with E-state index < -0.39 is 17.5 Å². The molecule has 0 spiro atoms. The number of methoxy groups -OCH3 is 3. The van der Waals surface area contributed by atoms with E-state index in [0.717, 1.165) is 24.0 Å². The summed E-state index contributed by atoms with van der Waals surface area (Å²) in [6.07, 6.45) is 4.86. The van der Waals surface area contributed by atoms with Crippen molar-refractivity contribution in [2.75, 3.05) is 21.3 Å². The molecule has 1 N–H and O–H groups in total. The molecule has 5 nitrogen and oxygen atoms in total. The van der Waals surface area contributed by atoms with Crippen molar-refractivity contribution in [1.82, 2.24) is 0 Å². The Labute approximate surface area is 136 Å². The number of ether oxygens (including phenoxy) is 3. The first-order valence-corrected chi connectivity index (χ1v) is 7.67. The Morgan fingerprint density at radius 1 is 1.26 bits per heavy atom. The third-order valence-electron chi connectivity index (χ3n) is 4.57. The molecule has 0 bridgehead atoms. The van der Waals surface area contributed by atoms with E-state index in [0.29, 0.717) is 17.9 Å². The fourth-order valence-electron chi connectivity index (χ4n) is 3.10. The van der Waals surface area contributed by atoms with Gasteiger partial charge in [-0.15, -0.1) is 0 Å². The molecule has 0 radical (unpaired) electrons. The fourth-order valence-corrected chi connectivity index (χ4v) is 3.10. The maximum Gasteiger partial charge on any atom is 0.330 e. The van der Waals surface area contributed by atoms with Crippen LogP contribution in [0, 0.1) is 0 Å². The average molecular weight is 320 g/mol. The standard InChI is InChI=1S/C18H24O5/c1-18(9-8-17(20)23-4)13-11-15(22-3)14(21-2)10-12(13)6-5-7-16(18)19/h8-11,16,19H,5-7H2,1-4H3/b9-8+/t16-,18-/m1/s1. The van der Waals surface area contributed by atoms with Gasteiger partial charge in [-0.3, -0.25) is 0 Å². The largest absolute Gasteiger partial charge is 0.493 e. The highest BCUT2D eigenvalue weighted by Gasteiger charge is 2.37. The summed E-state index contributed by atoms with van der Waals surface area (Å²) in [6, 6.07) is 3.85. The van der Waals surface area contributed by atoms with Gasteiger partial charge in [-0.1, -0.05) is 6.08 Å². The van der Waals surface area contributed by atoms with E-state index in [4.69, 9.17) is 9.47 Å². The lowest BCUT2D eigenvalue weighted by atomic mass is 9.75. The van der Waals surface area contributed by atoms with Crippen molar-refractivity contribution in [2.45, 2.75) is 37.7 Å². The van der Waals surface area contributed by atoms with Crippen molar-refractivity contribution < 1.29 is 24.1 Å². The molecule has 2 atom stereocenters. The number of rotatable bonds is 4. The van der Waals surface area contributed by atoms with Gasteiger partial charge < -0.3 is 19.3 Å². The molecule has 2 rings (SSSR count). The summed E-state index contributed by atoms with van der Waals surface area (Å²) in [7, 11) is 4.52. The van der Waals surface area contributed by atoms with Crippen molar-refractivity contribution in [2.24, 2.45) is 0 Å². The lowest BCUT2D eigenvalue weighted by Gasteiger charge is -2.32. The molecule has 0 fully saturated rings. The summed E-state index contributed by atoms with van der Waals surface area (Å²) in [5.41, 5.74) is 1.34. The van der Waals surface area contributed by atoms with Crippen molar-refractivity contribution in [3.8, 4) is 11.5 Å². The van der Waals surface area contributed by atoms with Gasteiger partial charge in [0.05, 0.1) is 27.4 Å². The Hall–Kier alpha value is -2.01. The zero-order valence-corrected chi connectivity index (χ0v) is 14.1. The lowest BCUT2D eigenvalue weighted by Crippen LogP contribution is -2.34. The summed E-state index contributed by atoms with van der Waals surface area (Å²) < 4.78 is 15.4. The van der Waals surface area contributed by atoms with Crippen LogP contribution < -0.4 is 9.47 Å². The molecule has 0 aromatic heterocycles.